The van der Waals surface area contributed by atoms with Crippen molar-refractivity contribution in [3.63, 3.8) is 0 Å². The molecular formula is C17H21N3S. The Balaban J connectivity index is 2.52. The first-order chi connectivity index (χ1) is 10.0. The number of anilines is 2. The lowest BCUT2D eigenvalue weighted by molar-refractivity contribution is 1.17. The van der Waals surface area contributed by atoms with Gasteiger partial charge in [-0.15, -0.1) is 11.8 Å². The Morgan fingerprint density at radius 2 is 1.95 bits per heavy atom. The van der Waals surface area contributed by atoms with Crippen LogP contribution in [0.25, 0.3) is 0 Å². The summed E-state index contributed by atoms with van der Waals surface area (Å²) in [6, 6.07) is 14.4. The number of benzene rings is 2. The minimum Gasteiger partial charge on any atom is -0.384 e. The summed E-state index contributed by atoms with van der Waals surface area (Å²) in [7, 11) is 2.01. The van der Waals surface area contributed by atoms with Crippen LogP contribution in [-0.4, -0.2) is 18.6 Å². The Morgan fingerprint density at radius 1 is 1.24 bits per heavy atom. The van der Waals surface area contributed by atoms with Gasteiger partial charge in [0.2, 0.25) is 0 Å². The number of aryl methyl sites for hydroxylation is 1. The molecule has 2 aromatic rings. The fraction of sp³-hybridized carbons (Fsp3) is 0.235. The van der Waals surface area contributed by atoms with E-state index in [1.54, 1.807) is 11.8 Å². The van der Waals surface area contributed by atoms with Crippen molar-refractivity contribution >= 4 is 29.0 Å². The molecule has 2 aromatic carbocycles. The van der Waals surface area contributed by atoms with Crippen LogP contribution in [0, 0.1) is 12.3 Å². The maximum absolute atomic E-state index is 7.93. The van der Waals surface area contributed by atoms with E-state index in [2.05, 4.69) is 36.9 Å². The van der Waals surface area contributed by atoms with E-state index in [9.17, 15) is 0 Å². The molecular weight excluding hydrogens is 278 g/mol. The third kappa shape index (κ3) is 3.39. The van der Waals surface area contributed by atoms with Gasteiger partial charge in [0.15, 0.2) is 0 Å². The van der Waals surface area contributed by atoms with Crippen molar-refractivity contribution in [3.8, 4) is 0 Å². The van der Waals surface area contributed by atoms with Gasteiger partial charge in [-0.05, 0) is 42.5 Å². The Hall–Kier alpha value is -1.94. The van der Waals surface area contributed by atoms with Gasteiger partial charge in [-0.25, -0.2) is 0 Å². The van der Waals surface area contributed by atoms with Crippen LogP contribution in [-0.2, 0) is 0 Å². The van der Waals surface area contributed by atoms with Crippen molar-refractivity contribution in [1.82, 2.24) is 0 Å². The van der Waals surface area contributed by atoms with E-state index in [-0.39, 0.29) is 5.84 Å². The fourth-order valence-electron chi connectivity index (χ4n) is 2.32. The zero-order valence-corrected chi connectivity index (χ0v) is 13.5. The normalized spacial score (nSPS) is 10.4. The second kappa shape index (κ2) is 6.68. The van der Waals surface area contributed by atoms with Crippen molar-refractivity contribution in [3.05, 3.63) is 53.6 Å². The molecule has 0 atom stereocenters. The summed E-state index contributed by atoms with van der Waals surface area (Å²) in [5, 5.41) is 7.93. The van der Waals surface area contributed by atoms with Crippen LogP contribution >= 0.6 is 11.8 Å². The highest BCUT2D eigenvalue weighted by Crippen LogP contribution is 2.33. The molecule has 0 radical (unpaired) electrons. The monoisotopic (exact) mass is 299 g/mol. The number of hydrogen-bond acceptors (Lipinski definition) is 3. The molecule has 0 amide bonds. The maximum atomic E-state index is 7.93. The smallest absolute Gasteiger partial charge is 0.126 e. The van der Waals surface area contributed by atoms with Crippen LogP contribution in [0.15, 0.2) is 47.4 Å². The molecule has 0 bridgehead atoms. The molecule has 0 unspecified atom stereocenters. The molecule has 0 aliphatic heterocycles. The standard InChI is InChI=1S/C17H21N3S/c1-4-21-15-10-6-9-14(16(15)17(18)19)20(3)13-8-5-7-12(2)11-13/h5-11H,4H2,1-3H3,(H3,18,19). The maximum Gasteiger partial charge on any atom is 0.126 e. The van der Waals surface area contributed by atoms with E-state index in [0.717, 1.165) is 27.6 Å². The molecule has 0 saturated carbocycles. The minimum absolute atomic E-state index is 0.112. The van der Waals surface area contributed by atoms with Gasteiger partial charge in [-0.2, -0.15) is 0 Å². The third-order valence-electron chi connectivity index (χ3n) is 3.32. The van der Waals surface area contributed by atoms with Crippen molar-refractivity contribution in [1.29, 1.82) is 5.41 Å². The van der Waals surface area contributed by atoms with Crippen LogP contribution < -0.4 is 10.6 Å². The molecule has 0 aromatic heterocycles. The predicted octanol–water partition coefficient (Wildman–Crippen LogP) is 4.16. The summed E-state index contributed by atoms with van der Waals surface area (Å²) in [6.07, 6.45) is 0. The lowest BCUT2D eigenvalue weighted by Crippen LogP contribution is -2.19. The number of hydrogen-bond donors (Lipinski definition) is 2. The van der Waals surface area contributed by atoms with Crippen LogP contribution in [0.4, 0.5) is 11.4 Å². The van der Waals surface area contributed by atoms with Gasteiger partial charge in [0.25, 0.3) is 0 Å². The Kier molecular flexibility index (Phi) is 4.91. The molecule has 4 heteroatoms. The largest absolute Gasteiger partial charge is 0.384 e. The topological polar surface area (TPSA) is 53.1 Å². The molecule has 0 aliphatic carbocycles. The third-order valence-corrected chi connectivity index (χ3v) is 4.26. The van der Waals surface area contributed by atoms with E-state index in [1.807, 2.05) is 31.3 Å². The van der Waals surface area contributed by atoms with Gasteiger partial charge < -0.3 is 10.6 Å². The van der Waals surface area contributed by atoms with E-state index < -0.39 is 0 Å². The summed E-state index contributed by atoms with van der Waals surface area (Å²) in [5.74, 6) is 1.07. The highest BCUT2D eigenvalue weighted by Gasteiger charge is 2.15. The summed E-state index contributed by atoms with van der Waals surface area (Å²) in [4.78, 5) is 3.14. The van der Waals surface area contributed by atoms with Gasteiger partial charge >= 0.3 is 0 Å². The molecule has 0 spiro atoms. The van der Waals surface area contributed by atoms with Gasteiger partial charge in [0.1, 0.15) is 5.84 Å². The minimum atomic E-state index is 0.112. The number of nitrogen functional groups attached to an aromatic ring is 1. The van der Waals surface area contributed by atoms with E-state index in [1.165, 1.54) is 5.56 Å². The molecule has 3 nitrogen and oxygen atoms in total. The summed E-state index contributed by atoms with van der Waals surface area (Å²) in [5.41, 5.74) is 9.92. The molecule has 0 saturated heterocycles. The SMILES string of the molecule is CCSc1cccc(N(C)c2cccc(C)c2)c1C(=N)N. The molecule has 3 N–H and O–H groups in total. The number of nitrogens with one attached hydrogen (secondary N) is 1. The fourth-order valence-corrected chi connectivity index (χ4v) is 3.17. The lowest BCUT2D eigenvalue weighted by atomic mass is 10.1. The number of nitrogens with zero attached hydrogens (tertiary/aromatic N) is 1. The molecule has 0 heterocycles. The number of amidine groups is 1. The van der Waals surface area contributed by atoms with E-state index in [0.29, 0.717) is 0 Å². The van der Waals surface area contributed by atoms with Crippen LogP contribution in [0.1, 0.15) is 18.1 Å². The zero-order chi connectivity index (χ0) is 15.4. The van der Waals surface area contributed by atoms with Gasteiger partial charge in [0.05, 0.1) is 11.3 Å². The van der Waals surface area contributed by atoms with Gasteiger partial charge in [-0.3, -0.25) is 5.41 Å². The Morgan fingerprint density at radius 3 is 2.57 bits per heavy atom. The van der Waals surface area contributed by atoms with Gasteiger partial charge in [-0.1, -0.05) is 25.1 Å². The van der Waals surface area contributed by atoms with Crippen molar-refractivity contribution in [2.24, 2.45) is 5.73 Å². The molecule has 110 valence electrons. The van der Waals surface area contributed by atoms with Crippen molar-refractivity contribution < 1.29 is 0 Å². The van der Waals surface area contributed by atoms with Crippen molar-refractivity contribution in [2.75, 3.05) is 17.7 Å². The van der Waals surface area contributed by atoms with E-state index >= 15 is 0 Å². The summed E-state index contributed by atoms with van der Waals surface area (Å²) < 4.78 is 0. The van der Waals surface area contributed by atoms with Crippen LogP contribution in [0.3, 0.4) is 0 Å². The highest BCUT2D eigenvalue weighted by molar-refractivity contribution is 7.99. The average Bonchev–Trinajstić information content (AvgIpc) is 2.46. The van der Waals surface area contributed by atoms with Gasteiger partial charge in [0, 0.05) is 17.6 Å². The van der Waals surface area contributed by atoms with Crippen molar-refractivity contribution in [2.45, 2.75) is 18.7 Å². The lowest BCUT2D eigenvalue weighted by Gasteiger charge is -2.24. The molecule has 0 fully saturated rings. The zero-order valence-electron chi connectivity index (χ0n) is 12.7. The summed E-state index contributed by atoms with van der Waals surface area (Å²) in [6.45, 7) is 4.18. The predicted molar refractivity (Wildman–Crippen MR) is 93.1 cm³/mol. The average molecular weight is 299 g/mol. The Labute approximate surface area is 130 Å². The first-order valence-electron chi connectivity index (χ1n) is 6.95. The second-order valence-electron chi connectivity index (χ2n) is 4.89. The van der Waals surface area contributed by atoms with Crippen LogP contribution in [0.2, 0.25) is 0 Å². The quantitative estimate of drug-likeness (QED) is 0.495. The first kappa shape index (κ1) is 15.4. The number of rotatable bonds is 5. The van der Waals surface area contributed by atoms with E-state index in [4.69, 9.17) is 11.1 Å². The molecule has 21 heavy (non-hydrogen) atoms. The van der Waals surface area contributed by atoms with Crippen LogP contribution in [0.5, 0.6) is 0 Å². The first-order valence-corrected chi connectivity index (χ1v) is 7.93. The summed E-state index contributed by atoms with van der Waals surface area (Å²) >= 11 is 1.71. The molecule has 2 rings (SSSR count). The second-order valence-corrected chi connectivity index (χ2v) is 6.20. The Bertz CT molecular complexity index is 652. The number of nitrogens with two attached hydrogens (primary N) is 1. The number of thioether (sulfide) groups is 1. The molecule has 0 aliphatic rings. The highest BCUT2D eigenvalue weighted by atomic mass is 32.2.